The Morgan fingerprint density at radius 3 is 2.52 bits per heavy atom. The predicted molar refractivity (Wildman–Crippen MR) is 99.0 cm³/mol. The van der Waals surface area contributed by atoms with Gasteiger partial charge in [-0.25, -0.2) is 9.48 Å². The fourth-order valence-corrected chi connectivity index (χ4v) is 2.68. The topological polar surface area (TPSA) is 44.1 Å². The van der Waals surface area contributed by atoms with Crippen molar-refractivity contribution in [3.05, 3.63) is 75.9 Å². The Kier molecular flexibility index (Phi) is 5.41. The molecule has 4 nitrogen and oxygen atoms in total. The number of aromatic nitrogens is 2. The zero-order chi connectivity index (χ0) is 17.8. The second-order valence-corrected chi connectivity index (χ2v) is 6.30. The largest absolute Gasteiger partial charge is 0.404 e. The standard InChI is InChI=1S/C19H16Cl2N2O2/c1-2-6-14-11-18(25-19(24)13-7-4-3-5-8-13)23(22-14)15-9-10-16(20)17(21)12-15/h3-5,7-12H,2,6H2,1H3. The highest BCUT2D eigenvalue weighted by atomic mass is 35.5. The minimum absolute atomic E-state index is 0.343. The third-order valence-corrected chi connectivity index (χ3v) is 4.33. The Balaban J connectivity index is 1.97. The lowest BCUT2D eigenvalue weighted by atomic mass is 10.2. The molecule has 128 valence electrons. The molecule has 3 rings (SSSR count). The van der Waals surface area contributed by atoms with Crippen LogP contribution in [0.1, 0.15) is 29.4 Å². The zero-order valence-electron chi connectivity index (χ0n) is 13.6. The number of hydrogen-bond acceptors (Lipinski definition) is 3. The first-order valence-electron chi connectivity index (χ1n) is 7.90. The molecule has 0 saturated carbocycles. The van der Waals surface area contributed by atoms with Crippen molar-refractivity contribution in [3.8, 4) is 11.6 Å². The third kappa shape index (κ3) is 4.03. The van der Waals surface area contributed by atoms with Gasteiger partial charge in [0.25, 0.3) is 0 Å². The molecule has 1 aromatic heterocycles. The number of aryl methyl sites for hydroxylation is 1. The van der Waals surface area contributed by atoms with Gasteiger partial charge in [0.2, 0.25) is 5.88 Å². The van der Waals surface area contributed by atoms with Crippen LogP contribution in [-0.4, -0.2) is 15.7 Å². The van der Waals surface area contributed by atoms with Gasteiger partial charge in [-0.3, -0.25) is 0 Å². The van der Waals surface area contributed by atoms with E-state index in [0.717, 1.165) is 18.5 Å². The number of hydrogen-bond donors (Lipinski definition) is 0. The number of rotatable bonds is 5. The van der Waals surface area contributed by atoms with Crippen molar-refractivity contribution in [2.75, 3.05) is 0 Å². The number of esters is 1. The Hall–Kier alpha value is -2.30. The van der Waals surface area contributed by atoms with Gasteiger partial charge in [-0.15, -0.1) is 0 Å². The molecule has 0 spiro atoms. The molecule has 0 fully saturated rings. The van der Waals surface area contributed by atoms with Crippen LogP contribution in [0.5, 0.6) is 5.88 Å². The van der Waals surface area contributed by atoms with Crippen molar-refractivity contribution in [2.45, 2.75) is 19.8 Å². The molecule has 0 bridgehead atoms. The van der Waals surface area contributed by atoms with Crippen molar-refractivity contribution in [2.24, 2.45) is 0 Å². The molecule has 25 heavy (non-hydrogen) atoms. The lowest BCUT2D eigenvalue weighted by Gasteiger charge is -2.08. The minimum Gasteiger partial charge on any atom is -0.404 e. The van der Waals surface area contributed by atoms with Gasteiger partial charge in [-0.05, 0) is 36.8 Å². The van der Waals surface area contributed by atoms with Crippen molar-refractivity contribution in [3.63, 3.8) is 0 Å². The summed E-state index contributed by atoms with van der Waals surface area (Å²) in [7, 11) is 0. The van der Waals surface area contributed by atoms with Gasteiger partial charge in [0.1, 0.15) is 0 Å². The summed E-state index contributed by atoms with van der Waals surface area (Å²) in [5.74, 6) is -0.0967. The average molecular weight is 375 g/mol. The lowest BCUT2D eigenvalue weighted by molar-refractivity contribution is 0.0723. The molecule has 0 unspecified atom stereocenters. The summed E-state index contributed by atoms with van der Waals surface area (Å²) >= 11 is 12.1. The van der Waals surface area contributed by atoms with E-state index in [0.29, 0.717) is 27.2 Å². The van der Waals surface area contributed by atoms with Crippen LogP contribution >= 0.6 is 23.2 Å². The molecule has 6 heteroatoms. The van der Waals surface area contributed by atoms with Crippen LogP contribution in [0, 0.1) is 0 Å². The predicted octanol–water partition coefficient (Wildman–Crippen LogP) is 5.35. The lowest BCUT2D eigenvalue weighted by Crippen LogP contribution is -2.11. The zero-order valence-corrected chi connectivity index (χ0v) is 15.1. The highest BCUT2D eigenvalue weighted by Gasteiger charge is 2.16. The van der Waals surface area contributed by atoms with Gasteiger partial charge in [-0.1, -0.05) is 54.7 Å². The SMILES string of the molecule is CCCc1cc(OC(=O)c2ccccc2)n(-c2ccc(Cl)c(Cl)c2)n1. The first-order chi connectivity index (χ1) is 12.1. The summed E-state index contributed by atoms with van der Waals surface area (Å²) in [4.78, 5) is 12.4. The van der Waals surface area contributed by atoms with Gasteiger partial charge >= 0.3 is 5.97 Å². The van der Waals surface area contributed by atoms with E-state index in [9.17, 15) is 4.79 Å². The quantitative estimate of drug-likeness (QED) is 0.565. The van der Waals surface area contributed by atoms with Crippen LogP contribution in [-0.2, 0) is 6.42 Å². The van der Waals surface area contributed by atoms with Crippen molar-refractivity contribution < 1.29 is 9.53 Å². The van der Waals surface area contributed by atoms with Crippen molar-refractivity contribution >= 4 is 29.2 Å². The molecule has 0 N–H and O–H groups in total. The Morgan fingerprint density at radius 2 is 1.84 bits per heavy atom. The van der Waals surface area contributed by atoms with Gasteiger partial charge in [0.15, 0.2) is 0 Å². The maximum atomic E-state index is 12.4. The summed E-state index contributed by atoms with van der Waals surface area (Å²) in [6, 6.07) is 15.7. The molecule has 0 aliphatic carbocycles. The van der Waals surface area contributed by atoms with Gasteiger partial charge < -0.3 is 4.74 Å². The van der Waals surface area contributed by atoms with E-state index in [1.165, 1.54) is 0 Å². The Morgan fingerprint density at radius 1 is 1.08 bits per heavy atom. The normalized spacial score (nSPS) is 10.7. The molecule has 0 aliphatic heterocycles. The van der Waals surface area contributed by atoms with Crippen LogP contribution in [0.4, 0.5) is 0 Å². The highest BCUT2D eigenvalue weighted by molar-refractivity contribution is 6.42. The monoisotopic (exact) mass is 374 g/mol. The van der Waals surface area contributed by atoms with E-state index in [1.807, 2.05) is 6.07 Å². The van der Waals surface area contributed by atoms with Gasteiger partial charge in [0.05, 0.1) is 27.0 Å². The first-order valence-corrected chi connectivity index (χ1v) is 8.65. The second-order valence-electron chi connectivity index (χ2n) is 5.49. The molecule has 0 amide bonds. The molecule has 0 saturated heterocycles. The molecule has 0 aliphatic rings. The van der Waals surface area contributed by atoms with Crippen LogP contribution in [0.3, 0.4) is 0 Å². The number of nitrogens with zero attached hydrogens (tertiary/aromatic N) is 2. The van der Waals surface area contributed by atoms with Gasteiger partial charge in [-0.2, -0.15) is 5.10 Å². The maximum absolute atomic E-state index is 12.4. The number of carbonyl (C=O) groups excluding carboxylic acids is 1. The van der Waals surface area contributed by atoms with E-state index < -0.39 is 5.97 Å². The maximum Gasteiger partial charge on any atom is 0.344 e. The van der Waals surface area contributed by atoms with Crippen LogP contribution in [0.25, 0.3) is 5.69 Å². The summed E-state index contributed by atoms with van der Waals surface area (Å²) in [6.07, 6.45) is 1.72. The van der Waals surface area contributed by atoms with Crippen molar-refractivity contribution in [1.29, 1.82) is 0 Å². The Bertz CT molecular complexity index is 892. The summed E-state index contributed by atoms with van der Waals surface area (Å²) in [6.45, 7) is 2.06. The fraction of sp³-hybridized carbons (Fsp3) is 0.158. The van der Waals surface area contributed by atoms with E-state index in [4.69, 9.17) is 27.9 Å². The molecule has 1 heterocycles. The van der Waals surface area contributed by atoms with E-state index in [1.54, 1.807) is 53.2 Å². The van der Waals surface area contributed by atoms with E-state index in [2.05, 4.69) is 12.0 Å². The number of benzene rings is 2. The summed E-state index contributed by atoms with van der Waals surface area (Å²) < 4.78 is 7.13. The molecule has 0 atom stereocenters. The van der Waals surface area contributed by atoms with Crippen LogP contribution in [0.2, 0.25) is 10.0 Å². The van der Waals surface area contributed by atoms with Gasteiger partial charge in [0, 0.05) is 6.07 Å². The first kappa shape index (κ1) is 17.5. The average Bonchev–Trinajstić information content (AvgIpc) is 3.01. The molecular weight excluding hydrogens is 359 g/mol. The minimum atomic E-state index is -0.440. The van der Waals surface area contributed by atoms with E-state index in [-0.39, 0.29) is 0 Å². The molecule has 3 aromatic rings. The molecular formula is C19H16Cl2N2O2. The van der Waals surface area contributed by atoms with Crippen LogP contribution in [0.15, 0.2) is 54.6 Å². The highest BCUT2D eigenvalue weighted by Crippen LogP contribution is 2.27. The Labute approximate surface area is 155 Å². The third-order valence-electron chi connectivity index (χ3n) is 3.59. The molecule has 2 aromatic carbocycles. The summed E-state index contributed by atoms with van der Waals surface area (Å²) in [5.41, 5.74) is 1.98. The molecule has 0 radical (unpaired) electrons. The van der Waals surface area contributed by atoms with Crippen molar-refractivity contribution in [1.82, 2.24) is 9.78 Å². The number of halogens is 2. The fourth-order valence-electron chi connectivity index (χ4n) is 2.39. The second kappa shape index (κ2) is 7.72. The van der Waals surface area contributed by atoms with Crippen LogP contribution < -0.4 is 4.74 Å². The summed E-state index contributed by atoms with van der Waals surface area (Å²) in [5, 5.41) is 5.39. The smallest absolute Gasteiger partial charge is 0.344 e. The number of ether oxygens (including phenoxy) is 1. The number of carbonyl (C=O) groups is 1. The van der Waals surface area contributed by atoms with E-state index >= 15 is 0 Å².